The highest BCUT2D eigenvalue weighted by atomic mass is 32.2. The summed E-state index contributed by atoms with van der Waals surface area (Å²) in [5, 5.41) is 8.65. The monoisotopic (exact) mass is 372 g/mol. The molecule has 2 aromatic rings. The van der Waals surface area contributed by atoms with Crippen LogP contribution in [-0.2, 0) is 33.2 Å². The van der Waals surface area contributed by atoms with Crippen molar-refractivity contribution < 1.29 is 14.1 Å². The quantitative estimate of drug-likeness (QED) is 0.771. The molecule has 0 radical (unpaired) electrons. The minimum atomic E-state index is -1.44. The molecule has 0 aliphatic carbocycles. The molecule has 26 heavy (non-hydrogen) atoms. The van der Waals surface area contributed by atoms with E-state index in [-0.39, 0.29) is 11.2 Å². The van der Waals surface area contributed by atoms with Crippen molar-refractivity contribution in [3.63, 3.8) is 0 Å². The molecule has 3 nitrogen and oxygen atoms in total. The average molecular weight is 373 g/mol. The topological polar surface area (TPSA) is 54.4 Å². The third-order valence-electron chi connectivity index (χ3n) is 4.54. The molecule has 0 aliphatic heterocycles. The van der Waals surface area contributed by atoms with Gasteiger partial charge in [0, 0.05) is 16.6 Å². The van der Waals surface area contributed by atoms with E-state index >= 15 is 0 Å². The number of carboxylic acids is 1. The zero-order chi connectivity index (χ0) is 19.3. The summed E-state index contributed by atoms with van der Waals surface area (Å²) in [6, 6.07) is 16.0. The van der Waals surface area contributed by atoms with Crippen LogP contribution in [0.1, 0.15) is 49.4 Å². The molecule has 0 aliphatic rings. The Morgan fingerprint density at radius 1 is 1.00 bits per heavy atom. The van der Waals surface area contributed by atoms with Gasteiger partial charge in [-0.15, -0.1) is 0 Å². The first kappa shape index (κ1) is 20.4. The Hall–Kier alpha value is -1.94. The smallest absolute Gasteiger partial charge is 0.319 e. The standard InChI is InChI=1S/C22H28O3S/c1-16-5-7-17(8-6-16)11-14-20(21(23)24)26(25)15-18-9-12-19(13-10-18)22(2,3)4/h5-10,12-13,20H,11,14-15H2,1-4H3,(H,23,24). The van der Waals surface area contributed by atoms with Crippen LogP contribution in [0, 0.1) is 6.92 Å². The van der Waals surface area contributed by atoms with Gasteiger partial charge in [-0.25, -0.2) is 0 Å². The first-order chi connectivity index (χ1) is 12.2. The molecule has 0 saturated carbocycles. The highest BCUT2D eigenvalue weighted by molar-refractivity contribution is 7.85. The predicted molar refractivity (Wildman–Crippen MR) is 108 cm³/mol. The van der Waals surface area contributed by atoms with Crippen molar-refractivity contribution in [1.82, 2.24) is 0 Å². The van der Waals surface area contributed by atoms with Gasteiger partial charge >= 0.3 is 5.97 Å². The van der Waals surface area contributed by atoms with Gasteiger partial charge in [-0.2, -0.15) is 0 Å². The maximum atomic E-state index is 12.6. The zero-order valence-electron chi connectivity index (χ0n) is 16.0. The number of hydrogen-bond donors (Lipinski definition) is 1. The van der Waals surface area contributed by atoms with Crippen molar-refractivity contribution in [1.29, 1.82) is 0 Å². The summed E-state index contributed by atoms with van der Waals surface area (Å²) >= 11 is 0. The maximum absolute atomic E-state index is 12.6. The first-order valence-corrected chi connectivity index (χ1v) is 10.3. The van der Waals surface area contributed by atoms with Crippen molar-refractivity contribution in [2.45, 2.75) is 57.0 Å². The van der Waals surface area contributed by atoms with E-state index in [9.17, 15) is 14.1 Å². The fourth-order valence-electron chi connectivity index (χ4n) is 2.79. The summed E-state index contributed by atoms with van der Waals surface area (Å²) in [5.74, 6) is -0.711. The van der Waals surface area contributed by atoms with Crippen molar-refractivity contribution in [3.8, 4) is 0 Å². The van der Waals surface area contributed by atoms with Crippen LogP contribution in [-0.4, -0.2) is 20.5 Å². The highest BCUT2D eigenvalue weighted by Crippen LogP contribution is 2.23. The molecule has 140 valence electrons. The summed E-state index contributed by atoms with van der Waals surface area (Å²) < 4.78 is 12.6. The van der Waals surface area contributed by atoms with E-state index < -0.39 is 22.0 Å². The van der Waals surface area contributed by atoms with Crippen molar-refractivity contribution in [2.24, 2.45) is 0 Å². The third kappa shape index (κ3) is 5.80. The van der Waals surface area contributed by atoms with E-state index in [1.807, 2.05) is 55.5 Å². The molecule has 2 aromatic carbocycles. The first-order valence-electron chi connectivity index (χ1n) is 8.92. The van der Waals surface area contributed by atoms with Crippen LogP contribution in [0.4, 0.5) is 0 Å². The lowest BCUT2D eigenvalue weighted by Gasteiger charge is -2.19. The summed E-state index contributed by atoms with van der Waals surface area (Å²) in [4.78, 5) is 11.6. The molecule has 0 heterocycles. The molecule has 0 fully saturated rings. The second-order valence-electron chi connectivity index (χ2n) is 7.82. The second-order valence-corrected chi connectivity index (χ2v) is 9.44. The highest BCUT2D eigenvalue weighted by Gasteiger charge is 2.24. The van der Waals surface area contributed by atoms with Gasteiger partial charge in [-0.1, -0.05) is 74.9 Å². The SMILES string of the molecule is Cc1ccc(CCC(C(=O)O)S(=O)Cc2ccc(C(C)(C)C)cc2)cc1. The Morgan fingerprint density at radius 3 is 2.04 bits per heavy atom. The molecule has 0 bridgehead atoms. The Balaban J connectivity index is 2.01. The summed E-state index contributed by atoms with van der Waals surface area (Å²) in [6.45, 7) is 8.45. The lowest BCUT2D eigenvalue weighted by Crippen LogP contribution is -2.27. The van der Waals surface area contributed by atoms with Gasteiger partial charge in [0.25, 0.3) is 0 Å². The maximum Gasteiger partial charge on any atom is 0.319 e. The molecule has 0 amide bonds. The van der Waals surface area contributed by atoms with Crippen LogP contribution in [0.5, 0.6) is 0 Å². The Labute approximate surface area is 158 Å². The largest absolute Gasteiger partial charge is 0.480 e. The molecule has 4 heteroatoms. The summed E-state index contributed by atoms with van der Waals surface area (Å²) in [6.07, 6.45) is 0.997. The van der Waals surface area contributed by atoms with Crippen LogP contribution in [0.15, 0.2) is 48.5 Å². The number of benzene rings is 2. The van der Waals surface area contributed by atoms with Gasteiger partial charge in [0.2, 0.25) is 0 Å². The molecule has 0 aromatic heterocycles. The number of carboxylic acid groups (broad SMARTS) is 1. The van der Waals surface area contributed by atoms with Crippen LogP contribution >= 0.6 is 0 Å². The van der Waals surface area contributed by atoms with Gasteiger partial charge in [-0.05, 0) is 41.9 Å². The van der Waals surface area contributed by atoms with Crippen molar-refractivity contribution in [3.05, 3.63) is 70.8 Å². The van der Waals surface area contributed by atoms with Gasteiger partial charge in [0.1, 0.15) is 5.25 Å². The lowest BCUT2D eigenvalue weighted by atomic mass is 9.87. The minimum Gasteiger partial charge on any atom is -0.480 e. The molecule has 2 unspecified atom stereocenters. The molecule has 2 rings (SSSR count). The normalized spacial score (nSPS) is 14.0. The van der Waals surface area contributed by atoms with Crippen LogP contribution in [0.2, 0.25) is 0 Å². The van der Waals surface area contributed by atoms with Crippen LogP contribution in [0.25, 0.3) is 0 Å². The fraction of sp³-hybridized carbons (Fsp3) is 0.409. The number of carbonyl (C=O) groups is 1. The number of aliphatic carboxylic acids is 1. The molecule has 0 saturated heterocycles. The van der Waals surface area contributed by atoms with Crippen molar-refractivity contribution in [2.75, 3.05) is 0 Å². The average Bonchev–Trinajstić information content (AvgIpc) is 2.56. The Bertz CT molecular complexity index is 755. The molecular weight excluding hydrogens is 344 g/mol. The predicted octanol–water partition coefficient (Wildman–Crippen LogP) is 4.63. The van der Waals surface area contributed by atoms with E-state index in [1.165, 1.54) is 11.1 Å². The minimum absolute atomic E-state index is 0.0648. The van der Waals surface area contributed by atoms with Crippen LogP contribution in [0.3, 0.4) is 0 Å². The second kappa shape index (κ2) is 8.63. The number of rotatable bonds is 7. The molecule has 1 N–H and O–H groups in total. The van der Waals surface area contributed by atoms with Crippen LogP contribution < -0.4 is 0 Å². The lowest BCUT2D eigenvalue weighted by molar-refractivity contribution is -0.136. The molecule has 0 spiro atoms. The van der Waals surface area contributed by atoms with E-state index in [0.29, 0.717) is 12.8 Å². The van der Waals surface area contributed by atoms with E-state index in [0.717, 1.165) is 11.1 Å². The van der Waals surface area contributed by atoms with Crippen molar-refractivity contribution >= 4 is 16.8 Å². The summed E-state index contributed by atoms with van der Waals surface area (Å²) in [5.41, 5.74) is 4.44. The number of aryl methyl sites for hydroxylation is 2. The van der Waals surface area contributed by atoms with E-state index in [4.69, 9.17) is 0 Å². The molecule has 2 atom stereocenters. The van der Waals surface area contributed by atoms with Gasteiger partial charge in [0.05, 0.1) is 0 Å². The van der Waals surface area contributed by atoms with Gasteiger partial charge in [-0.3, -0.25) is 9.00 Å². The Kier molecular flexibility index (Phi) is 6.76. The van der Waals surface area contributed by atoms with Gasteiger partial charge in [0.15, 0.2) is 0 Å². The molecular formula is C22H28O3S. The van der Waals surface area contributed by atoms with E-state index in [2.05, 4.69) is 20.8 Å². The number of hydrogen-bond acceptors (Lipinski definition) is 2. The Morgan fingerprint density at radius 2 is 1.54 bits per heavy atom. The van der Waals surface area contributed by atoms with E-state index in [1.54, 1.807) is 0 Å². The zero-order valence-corrected chi connectivity index (χ0v) is 16.8. The summed E-state index contributed by atoms with van der Waals surface area (Å²) in [7, 11) is -1.44. The fourth-order valence-corrected chi connectivity index (χ4v) is 4.11. The van der Waals surface area contributed by atoms with Gasteiger partial charge < -0.3 is 5.11 Å². The third-order valence-corrected chi connectivity index (χ3v) is 6.23.